The lowest BCUT2D eigenvalue weighted by atomic mass is 10.1. The van der Waals surface area contributed by atoms with E-state index in [1.165, 1.54) is 0 Å². The van der Waals surface area contributed by atoms with Gasteiger partial charge in [0.15, 0.2) is 22.8 Å². The van der Waals surface area contributed by atoms with Crippen LogP contribution >= 0.6 is 0 Å². The number of benzene rings is 1. The van der Waals surface area contributed by atoms with E-state index in [2.05, 4.69) is 30.2 Å². The SMILES string of the molecule is Nc1nc(N)c2nc(-c3ccc(OCC(O)CN4CCNCC4)cc3)c(N)nc2n1. The Balaban J connectivity index is 1.43. The minimum atomic E-state index is -0.555. The molecule has 3 heterocycles. The number of fused-ring (bicyclic) bond motifs is 1. The highest BCUT2D eigenvalue weighted by molar-refractivity contribution is 5.87. The van der Waals surface area contributed by atoms with E-state index in [9.17, 15) is 5.11 Å². The van der Waals surface area contributed by atoms with Crippen LogP contribution in [-0.2, 0) is 0 Å². The molecule has 8 N–H and O–H groups in total. The smallest absolute Gasteiger partial charge is 0.224 e. The molecule has 1 aliphatic rings. The number of anilines is 3. The topological polar surface area (TPSA) is 174 Å². The first kappa shape index (κ1) is 20.0. The number of nitrogens with two attached hydrogens (primary N) is 3. The lowest BCUT2D eigenvalue weighted by molar-refractivity contribution is 0.0641. The largest absolute Gasteiger partial charge is 0.491 e. The van der Waals surface area contributed by atoms with Gasteiger partial charge in [0.05, 0.1) is 0 Å². The number of hydrogen-bond acceptors (Lipinski definition) is 11. The first-order valence-corrected chi connectivity index (χ1v) is 9.70. The molecule has 0 bridgehead atoms. The number of piperazine rings is 1. The Bertz CT molecular complexity index is 1020. The van der Waals surface area contributed by atoms with Crippen LogP contribution in [0.2, 0.25) is 0 Å². The number of β-amino-alcohol motifs (C(OH)–C–C–N with tert-alkyl or cyclic N) is 1. The van der Waals surface area contributed by atoms with E-state index in [4.69, 9.17) is 21.9 Å². The molecule has 30 heavy (non-hydrogen) atoms. The van der Waals surface area contributed by atoms with Crippen molar-refractivity contribution in [2.24, 2.45) is 0 Å². The second kappa shape index (κ2) is 8.61. The van der Waals surface area contributed by atoms with Crippen LogP contribution in [0.25, 0.3) is 22.4 Å². The summed E-state index contributed by atoms with van der Waals surface area (Å²) in [4.78, 5) is 18.9. The van der Waals surface area contributed by atoms with Crippen molar-refractivity contribution in [2.75, 3.05) is 56.5 Å². The Morgan fingerprint density at radius 1 is 1.00 bits per heavy atom. The molecule has 1 fully saturated rings. The zero-order valence-electron chi connectivity index (χ0n) is 16.5. The monoisotopic (exact) mass is 411 g/mol. The molecule has 0 amide bonds. The molecular formula is C19H25N9O2. The molecular weight excluding hydrogens is 386 g/mol. The second-order valence-electron chi connectivity index (χ2n) is 7.14. The fraction of sp³-hybridized carbons (Fsp3) is 0.368. The van der Waals surface area contributed by atoms with Gasteiger partial charge in [-0.15, -0.1) is 0 Å². The molecule has 1 aromatic carbocycles. The molecule has 158 valence electrons. The average molecular weight is 411 g/mol. The Morgan fingerprint density at radius 2 is 1.73 bits per heavy atom. The van der Waals surface area contributed by atoms with Crippen LogP contribution < -0.4 is 27.3 Å². The number of nitrogens with one attached hydrogen (secondary N) is 1. The molecule has 0 spiro atoms. The van der Waals surface area contributed by atoms with Crippen LogP contribution in [0.3, 0.4) is 0 Å². The molecule has 11 heteroatoms. The number of hydrogen-bond donors (Lipinski definition) is 5. The molecule has 1 aliphatic heterocycles. The molecule has 2 aromatic heterocycles. The van der Waals surface area contributed by atoms with E-state index in [1.807, 2.05) is 12.1 Å². The van der Waals surface area contributed by atoms with Gasteiger partial charge in [0.25, 0.3) is 0 Å². The predicted molar refractivity (Wildman–Crippen MR) is 115 cm³/mol. The maximum Gasteiger partial charge on any atom is 0.224 e. The molecule has 0 radical (unpaired) electrons. The lowest BCUT2D eigenvalue weighted by Gasteiger charge is -2.29. The summed E-state index contributed by atoms with van der Waals surface area (Å²) in [6, 6.07) is 7.22. The number of aromatic nitrogens is 4. The minimum absolute atomic E-state index is 0.0158. The number of rotatable bonds is 6. The molecule has 3 aromatic rings. The third-order valence-corrected chi connectivity index (χ3v) is 4.85. The quantitative estimate of drug-likeness (QED) is 0.353. The highest BCUT2D eigenvalue weighted by atomic mass is 16.5. The van der Waals surface area contributed by atoms with Crippen molar-refractivity contribution in [1.29, 1.82) is 0 Å². The van der Waals surface area contributed by atoms with Crippen molar-refractivity contribution in [3.8, 4) is 17.0 Å². The van der Waals surface area contributed by atoms with E-state index in [0.29, 0.717) is 23.5 Å². The maximum atomic E-state index is 10.2. The number of ether oxygens (including phenoxy) is 1. The third-order valence-electron chi connectivity index (χ3n) is 4.85. The number of nitrogens with zero attached hydrogens (tertiary/aromatic N) is 5. The van der Waals surface area contributed by atoms with Crippen molar-refractivity contribution in [3.05, 3.63) is 24.3 Å². The summed E-state index contributed by atoms with van der Waals surface area (Å²) in [5.74, 6) is 1.01. The first-order valence-electron chi connectivity index (χ1n) is 9.70. The average Bonchev–Trinajstić information content (AvgIpc) is 2.73. The summed E-state index contributed by atoms with van der Waals surface area (Å²) in [5, 5.41) is 13.5. The molecule has 1 atom stereocenters. The van der Waals surface area contributed by atoms with Gasteiger partial charge in [-0.3, -0.25) is 4.90 Å². The fourth-order valence-corrected chi connectivity index (χ4v) is 3.36. The summed E-state index contributed by atoms with van der Waals surface area (Å²) in [6.45, 7) is 4.57. The lowest BCUT2D eigenvalue weighted by Crippen LogP contribution is -2.47. The van der Waals surface area contributed by atoms with Crippen molar-refractivity contribution in [1.82, 2.24) is 30.2 Å². The van der Waals surface area contributed by atoms with Gasteiger partial charge < -0.3 is 32.4 Å². The number of nitrogen functional groups attached to an aromatic ring is 3. The van der Waals surface area contributed by atoms with E-state index < -0.39 is 6.10 Å². The standard InChI is InChI=1S/C19H25N9O2/c20-16-14(24-15-17(21)26-19(22)27-18(15)25-16)11-1-3-13(4-2-11)30-10-12(29)9-28-7-5-23-6-8-28/h1-4,12,23,29H,5-10H2,(H6,20,21,22,25,26,27). The summed E-state index contributed by atoms with van der Waals surface area (Å²) in [6.07, 6.45) is -0.555. The van der Waals surface area contributed by atoms with Crippen LogP contribution in [0, 0.1) is 0 Å². The summed E-state index contributed by atoms with van der Waals surface area (Å²) in [7, 11) is 0. The van der Waals surface area contributed by atoms with Gasteiger partial charge in [-0.2, -0.15) is 9.97 Å². The van der Waals surface area contributed by atoms with E-state index in [1.54, 1.807) is 12.1 Å². The van der Waals surface area contributed by atoms with Crippen molar-refractivity contribution in [3.63, 3.8) is 0 Å². The van der Waals surface area contributed by atoms with E-state index >= 15 is 0 Å². The van der Waals surface area contributed by atoms with Crippen LogP contribution in [0.5, 0.6) is 5.75 Å². The van der Waals surface area contributed by atoms with Crippen molar-refractivity contribution >= 4 is 28.7 Å². The molecule has 1 unspecified atom stereocenters. The highest BCUT2D eigenvalue weighted by Crippen LogP contribution is 2.27. The van der Waals surface area contributed by atoms with E-state index in [0.717, 1.165) is 31.7 Å². The Hall–Kier alpha value is -3.28. The Kier molecular flexibility index (Phi) is 5.74. The first-order chi connectivity index (χ1) is 14.5. The predicted octanol–water partition coefficient (Wildman–Crippen LogP) is -0.522. The number of aliphatic hydroxyl groups excluding tert-OH is 1. The van der Waals surface area contributed by atoms with Gasteiger partial charge in [-0.1, -0.05) is 0 Å². The highest BCUT2D eigenvalue weighted by Gasteiger charge is 2.16. The summed E-state index contributed by atoms with van der Waals surface area (Å²) < 4.78 is 5.72. The van der Waals surface area contributed by atoms with Gasteiger partial charge >= 0.3 is 0 Å². The third kappa shape index (κ3) is 4.48. The molecule has 0 aliphatic carbocycles. The van der Waals surface area contributed by atoms with Crippen molar-refractivity contribution < 1.29 is 9.84 Å². The van der Waals surface area contributed by atoms with Gasteiger partial charge in [0.1, 0.15) is 24.2 Å². The van der Waals surface area contributed by atoms with Crippen LogP contribution in [-0.4, -0.2) is 75.4 Å². The minimum Gasteiger partial charge on any atom is -0.491 e. The summed E-state index contributed by atoms with van der Waals surface area (Å²) in [5.41, 5.74) is 19.3. The van der Waals surface area contributed by atoms with Crippen LogP contribution in [0.4, 0.5) is 17.6 Å². The van der Waals surface area contributed by atoms with Crippen molar-refractivity contribution in [2.45, 2.75) is 6.10 Å². The summed E-state index contributed by atoms with van der Waals surface area (Å²) >= 11 is 0. The maximum absolute atomic E-state index is 10.2. The van der Waals surface area contributed by atoms with E-state index in [-0.39, 0.29) is 29.8 Å². The van der Waals surface area contributed by atoms with Gasteiger partial charge in [-0.05, 0) is 24.3 Å². The zero-order chi connectivity index (χ0) is 21.1. The van der Waals surface area contributed by atoms with Crippen LogP contribution in [0.1, 0.15) is 0 Å². The Labute approximate surface area is 173 Å². The second-order valence-corrected chi connectivity index (χ2v) is 7.14. The fourth-order valence-electron chi connectivity index (χ4n) is 3.36. The number of aliphatic hydroxyl groups is 1. The van der Waals surface area contributed by atoms with Crippen LogP contribution in [0.15, 0.2) is 24.3 Å². The normalized spacial score (nSPS) is 15.9. The van der Waals surface area contributed by atoms with Gasteiger partial charge in [0, 0.05) is 38.3 Å². The molecule has 4 rings (SSSR count). The molecule has 11 nitrogen and oxygen atoms in total. The Morgan fingerprint density at radius 3 is 2.47 bits per heavy atom. The zero-order valence-corrected chi connectivity index (χ0v) is 16.5. The molecule has 1 saturated heterocycles. The molecule has 0 saturated carbocycles. The van der Waals surface area contributed by atoms with Gasteiger partial charge in [0.2, 0.25) is 5.95 Å². The van der Waals surface area contributed by atoms with Gasteiger partial charge in [-0.25, -0.2) is 9.97 Å².